The summed E-state index contributed by atoms with van der Waals surface area (Å²) in [5.41, 5.74) is 2.15. The fraction of sp³-hybridized carbons (Fsp3) is 0.300. The molecule has 6 nitrogen and oxygen atoms in total. The van der Waals surface area contributed by atoms with Crippen molar-refractivity contribution in [3.05, 3.63) is 54.1 Å². The van der Waals surface area contributed by atoms with E-state index in [0.717, 1.165) is 5.69 Å². The summed E-state index contributed by atoms with van der Waals surface area (Å²) < 4.78 is 5.23. The highest BCUT2D eigenvalue weighted by atomic mass is 16.5. The van der Waals surface area contributed by atoms with E-state index in [9.17, 15) is 9.59 Å². The van der Waals surface area contributed by atoms with E-state index in [0.29, 0.717) is 23.5 Å². The van der Waals surface area contributed by atoms with Crippen molar-refractivity contribution in [1.82, 2.24) is 4.90 Å². The highest BCUT2D eigenvalue weighted by Crippen LogP contribution is 2.23. The van der Waals surface area contributed by atoms with Gasteiger partial charge in [0, 0.05) is 31.9 Å². The summed E-state index contributed by atoms with van der Waals surface area (Å²) in [7, 11) is 5.43. The summed E-state index contributed by atoms with van der Waals surface area (Å²) in [6, 6.07) is 14.5. The van der Waals surface area contributed by atoms with Gasteiger partial charge in [0.1, 0.15) is 12.3 Å². The number of rotatable bonds is 7. The molecule has 0 aliphatic heterocycles. The van der Waals surface area contributed by atoms with Crippen molar-refractivity contribution in [2.45, 2.75) is 6.92 Å². The first-order chi connectivity index (χ1) is 12.5. The molecular weight excluding hydrogens is 330 g/mol. The number of amides is 2. The molecule has 6 heteroatoms. The number of nitrogens with zero attached hydrogens (tertiary/aromatic N) is 2. The molecule has 2 aromatic carbocycles. The van der Waals surface area contributed by atoms with Gasteiger partial charge in [0.15, 0.2) is 0 Å². The zero-order valence-electron chi connectivity index (χ0n) is 15.7. The monoisotopic (exact) mass is 355 g/mol. The number of carbonyl (C=O) groups is 2. The number of nitrogens with one attached hydrogen (secondary N) is 1. The van der Waals surface area contributed by atoms with Crippen LogP contribution in [0, 0.1) is 0 Å². The van der Waals surface area contributed by atoms with Crippen LogP contribution in [0.25, 0.3) is 0 Å². The van der Waals surface area contributed by atoms with Gasteiger partial charge >= 0.3 is 0 Å². The molecule has 0 unspecified atom stereocenters. The Morgan fingerprint density at radius 1 is 1.04 bits per heavy atom. The highest BCUT2D eigenvalue weighted by Gasteiger charge is 2.18. The van der Waals surface area contributed by atoms with Gasteiger partial charge in [0.2, 0.25) is 5.91 Å². The molecule has 0 bridgehead atoms. The fourth-order valence-corrected chi connectivity index (χ4v) is 2.52. The summed E-state index contributed by atoms with van der Waals surface area (Å²) in [4.78, 5) is 28.5. The number of carbonyl (C=O) groups excluding carboxylic acids is 2. The van der Waals surface area contributed by atoms with Crippen molar-refractivity contribution < 1.29 is 14.3 Å². The molecule has 0 saturated carbocycles. The molecule has 2 rings (SSSR count). The van der Waals surface area contributed by atoms with Crippen LogP contribution < -0.4 is 15.0 Å². The van der Waals surface area contributed by atoms with Gasteiger partial charge < -0.3 is 19.9 Å². The van der Waals surface area contributed by atoms with Crippen LogP contribution in [-0.4, -0.2) is 51.0 Å². The molecule has 0 radical (unpaired) electrons. The van der Waals surface area contributed by atoms with Crippen LogP contribution in [0.1, 0.15) is 17.3 Å². The van der Waals surface area contributed by atoms with E-state index in [-0.39, 0.29) is 18.4 Å². The minimum absolute atomic E-state index is 0.0250. The minimum Gasteiger partial charge on any atom is -0.495 e. The van der Waals surface area contributed by atoms with Gasteiger partial charge in [-0.05, 0) is 43.3 Å². The Labute approximate surface area is 154 Å². The third kappa shape index (κ3) is 4.75. The zero-order valence-corrected chi connectivity index (χ0v) is 15.7. The van der Waals surface area contributed by atoms with Crippen LogP contribution in [0.5, 0.6) is 5.75 Å². The number of benzene rings is 2. The van der Waals surface area contributed by atoms with Gasteiger partial charge in [0.25, 0.3) is 5.91 Å². The van der Waals surface area contributed by atoms with Crippen molar-refractivity contribution in [2.24, 2.45) is 0 Å². The number of ether oxygens (including phenoxy) is 1. The molecule has 1 N–H and O–H groups in total. The van der Waals surface area contributed by atoms with Crippen LogP contribution >= 0.6 is 0 Å². The molecule has 0 spiro atoms. The molecule has 0 aromatic heterocycles. The third-order valence-corrected chi connectivity index (χ3v) is 4.02. The lowest BCUT2D eigenvalue weighted by atomic mass is 10.1. The molecule has 0 atom stereocenters. The van der Waals surface area contributed by atoms with E-state index in [2.05, 4.69) is 5.32 Å². The molecule has 0 saturated heterocycles. The number of hydrogen-bond donors (Lipinski definition) is 1. The smallest absolute Gasteiger partial charge is 0.254 e. The number of likely N-dealkylation sites (N-methyl/N-ethyl adjacent to an activating group) is 1. The fourth-order valence-electron chi connectivity index (χ4n) is 2.52. The largest absolute Gasteiger partial charge is 0.495 e. The first kappa shape index (κ1) is 19.3. The van der Waals surface area contributed by atoms with E-state index >= 15 is 0 Å². The maximum Gasteiger partial charge on any atom is 0.254 e. The molecular formula is C20H25N3O3. The first-order valence-electron chi connectivity index (χ1n) is 8.45. The van der Waals surface area contributed by atoms with Crippen molar-refractivity contribution >= 4 is 23.2 Å². The molecule has 2 amide bonds. The molecule has 0 aliphatic rings. The Balaban J connectivity index is 2.05. The quantitative estimate of drug-likeness (QED) is 0.830. The zero-order chi connectivity index (χ0) is 19.1. The minimum atomic E-state index is -0.269. The van der Waals surface area contributed by atoms with Gasteiger partial charge in [-0.3, -0.25) is 9.59 Å². The summed E-state index contributed by atoms with van der Waals surface area (Å²) in [5, 5.41) is 2.79. The summed E-state index contributed by atoms with van der Waals surface area (Å²) >= 11 is 0. The predicted octanol–water partition coefficient (Wildman–Crippen LogP) is 2.86. The van der Waals surface area contributed by atoms with Crippen molar-refractivity contribution in [2.75, 3.05) is 44.5 Å². The number of hydrogen-bond acceptors (Lipinski definition) is 4. The van der Waals surface area contributed by atoms with Crippen molar-refractivity contribution in [1.29, 1.82) is 0 Å². The van der Waals surface area contributed by atoms with E-state index in [1.807, 2.05) is 50.2 Å². The Morgan fingerprint density at radius 2 is 1.69 bits per heavy atom. The molecule has 0 fully saturated rings. The SMILES string of the molecule is CCN(CC(=O)Nc1ccccc1OC)C(=O)c1ccc(N(C)C)cc1. The van der Waals surface area contributed by atoms with Gasteiger partial charge in [-0.25, -0.2) is 0 Å². The number of anilines is 2. The Hall–Kier alpha value is -3.02. The second-order valence-electron chi connectivity index (χ2n) is 6.01. The Kier molecular flexibility index (Phi) is 6.60. The van der Waals surface area contributed by atoms with Crippen LogP contribution in [0.4, 0.5) is 11.4 Å². The third-order valence-electron chi connectivity index (χ3n) is 4.02. The predicted molar refractivity (Wildman–Crippen MR) is 104 cm³/mol. The van der Waals surface area contributed by atoms with E-state index in [4.69, 9.17) is 4.74 Å². The maximum absolute atomic E-state index is 12.7. The van der Waals surface area contributed by atoms with Crippen LogP contribution in [0.2, 0.25) is 0 Å². The number of para-hydroxylation sites is 2. The van der Waals surface area contributed by atoms with Crippen LogP contribution in [0.3, 0.4) is 0 Å². The topological polar surface area (TPSA) is 61.9 Å². The Bertz CT molecular complexity index is 757. The Morgan fingerprint density at radius 3 is 2.27 bits per heavy atom. The number of methoxy groups -OCH3 is 1. The lowest BCUT2D eigenvalue weighted by Gasteiger charge is -2.21. The molecule has 26 heavy (non-hydrogen) atoms. The summed E-state index contributed by atoms with van der Waals surface area (Å²) in [5.74, 6) is 0.136. The van der Waals surface area contributed by atoms with E-state index in [1.54, 1.807) is 31.4 Å². The van der Waals surface area contributed by atoms with Crippen molar-refractivity contribution in [3.63, 3.8) is 0 Å². The van der Waals surface area contributed by atoms with Gasteiger partial charge in [-0.15, -0.1) is 0 Å². The summed E-state index contributed by atoms with van der Waals surface area (Å²) in [6.45, 7) is 2.26. The second-order valence-corrected chi connectivity index (χ2v) is 6.01. The highest BCUT2D eigenvalue weighted by molar-refractivity contribution is 6.00. The molecule has 2 aromatic rings. The second kappa shape index (κ2) is 8.89. The average Bonchev–Trinajstić information content (AvgIpc) is 2.66. The molecule has 0 aliphatic carbocycles. The molecule has 0 heterocycles. The first-order valence-corrected chi connectivity index (χ1v) is 8.45. The van der Waals surface area contributed by atoms with Gasteiger partial charge in [-0.2, -0.15) is 0 Å². The average molecular weight is 355 g/mol. The normalized spacial score (nSPS) is 10.2. The molecule has 138 valence electrons. The van der Waals surface area contributed by atoms with E-state index < -0.39 is 0 Å². The lowest BCUT2D eigenvalue weighted by Crippen LogP contribution is -2.37. The van der Waals surface area contributed by atoms with Crippen molar-refractivity contribution in [3.8, 4) is 5.75 Å². The lowest BCUT2D eigenvalue weighted by molar-refractivity contribution is -0.116. The van der Waals surface area contributed by atoms with Gasteiger partial charge in [-0.1, -0.05) is 12.1 Å². The van der Waals surface area contributed by atoms with Crippen LogP contribution in [0.15, 0.2) is 48.5 Å². The summed E-state index contributed by atoms with van der Waals surface area (Å²) in [6.07, 6.45) is 0. The van der Waals surface area contributed by atoms with E-state index in [1.165, 1.54) is 4.90 Å². The van der Waals surface area contributed by atoms with Gasteiger partial charge in [0.05, 0.1) is 12.8 Å². The standard InChI is InChI=1S/C20H25N3O3/c1-5-23(20(25)15-10-12-16(13-11-15)22(2)3)14-19(24)21-17-8-6-7-9-18(17)26-4/h6-13H,5,14H2,1-4H3,(H,21,24). The maximum atomic E-state index is 12.7. The van der Waals surface area contributed by atoms with Crippen LogP contribution in [-0.2, 0) is 4.79 Å².